The Morgan fingerprint density at radius 3 is 2.88 bits per heavy atom. The van der Waals surface area contributed by atoms with Crippen LogP contribution in [-0.2, 0) is 6.54 Å². The van der Waals surface area contributed by atoms with Crippen LogP contribution in [0.5, 0.6) is 0 Å². The minimum Gasteiger partial charge on any atom is -0.347 e. The first-order chi connectivity index (χ1) is 8.31. The van der Waals surface area contributed by atoms with E-state index in [0.717, 1.165) is 17.4 Å². The number of aryl methyl sites for hydroxylation is 1. The molecule has 1 heterocycles. The Kier molecular flexibility index (Phi) is 4.43. The zero-order valence-electron chi connectivity index (χ0n) is 10.0. The molecule has 1 aromatic carbocycles. The normalized spacial score (nSPS) is 10.9. The van der Waals surface area contributed by atoms with Crippen molar-refractivity contribution in [2.24, 2.45) is 0 Å². The van der Waals surface area contributed by atoms with Gasteiger partial charge in [-0.15, -0.1) is 6.58 Å². The summed E-state index contributed by atoms with van der Waals surface area (Å²) in [4.78, 5) is 0. The zero-order valence-corrected chi connectivity index (χ0v) is 11.6. The maximum absolute atomic E-state index is 3.75. The third-order valence-corrected chi connectivity index (χ3v) is 3.54. The smallest absolute Gasteiger partial charge is 0.0491 e. The molecule has 90 valence electrons. The Bertz CT molecular complexity index is 499. The van der Waals surface area contributed by atoms with Crippen molar-refractivity contribution in [3.8, 4) is 0 Å². The summed E-state index contributed by atoms with van der Waals surface area (Å²) in [6.45, 7) is 4.86. The summed E-state index contributed by atoms with van der Waals surface area (Å²) >= 11 is 3.53. The molecule has 0 bridgehead atoms. The first-order valence-electron chi connectivity index (χ1n) is 6.16. The SMILES string of the molecule is C=CCCCCCn1ccc2ccc(Br)cc21. The molecule has 0 saturated carbocycles. The quantitative estimate of drug-likeness (QED) is 0.512. The summed E-state index contributed by atoms with van der Waals surface area (Å²) in [5.74, 6) is 0. The largest absolute Gasteiger partial charge is 0.347 e. The van der Waals surface area contributed by atoms with Crippen molar-refractivity contribution in [3.63, 3.8) is 0 Å². The van der Waals surface area contributed by atoms with E-state index in [1.165, 1.54) is 30.2 Å². The van der Waals surface area contributed by atoms with Crippen molar-refractivity contribution in [1.82, 2.24) is 4.57 Å². The number of nitrogens with zero attached hydrogens (tertiary/aromatic N) is 1. The second-order valence-electron chi connectivity index (χ2n) is 4.35. The average molecular weight is 292 g/mol. The monoisotopic (exact) mass is 291 g/mol. The van der Waals surface area contributed by atoms with Gasteiger partial charge in [0.05, 0.1) is 0 Å². The van der Waals surface area contributed by atoms with Crippen molar-refractivity contribution < 1.29 is 0 Å². The number of allylic oxidation sites excluding steroid dienone is 1. The summed E-state index contributed by atoms with van der Waals surface area (Å²) in [5.41, 5.74) is 1.32. The van der Waals surface area contributed by atoms with Crippen LogP contribution in [0.15, 0.2) is 47.6 Å². The molecule has 0 N–H and O–H groups in total. The van der Waals surface area contributed by atoms with E-state index in [9.17, 15) is 0 Å². The summed E-state index contributed by atoms with van der Waals surface area (Å²) in [5, 5.41) is 1.32. The van der Waals surface area contributed by atoms with E-state index >= 15 is 0 Å². The molecule has 0 amide bonds. The van der Waals surface area contributed by atoms with Gasteiger partial charge in [-0.05, 0) is 42.8 Å². The molecule has 0 aliphatic heterocycles. The number of unbranched alkanes of at least 4 members (excludes halogenated alkanes) is 3. The van der Waals surface area contributed by atoms with Gasteiger partial charge in [0.2, 0.25) is 0 Å². The van der Waals surface area contributed by atoms with Gasteiger partial charge < -0.3 is 4.57 Å². The predicted octanol–water partition coefficient (Wildman–Crippen LogP) is 5.15. The summed E-state index contributed by atoms with van der Waals surface area (Å²) < 4.78 is 3.49. The molecule has 0 saturated heterocycles. The lowest BCUT2D eigenvalue weighted by Gasteiger charge is -2.05. The van der Waals surface area contributed by atoms with E-state index in [0.29, 0.717) is 0 Å². The third kappa shape index (κ3) is 3.22. The van der Waals surface area contributed by atoms with Crippen molar-refractivity contribution in [3.05, 3.63) is 47.6 Å². The van der Waals surface area contributed by atoms with Gasteiger partial charge in [0, 0.05) is 22.7 Å². The minimum atomic E-state index is 1.11. The van der Waals surface area contributed by atoms with E-state index in [4.69, 9.17) is 0 Å². The van der Waals surface area contributed by atoms with Gasteiger partial charge in [-0.25, -0.2) is 0 Å². The molecule has 1 aromatic heterocycles. The fraction of sp³-hybridized carbons (Fsp3) is 0.333. The Hall–Kier alpha value is -1.02. The van der Waals surface area contributed by atoms with Crippen molar-refractivity contribution in [2.75, 3.05) is 0 Å². The van der Waals surface area contributed by atoms with Gasteiger partial charge >= 0.3 is 0 Å². The zero-order chi connectivity index (χ0) is 12.1. The van der Waals surface area contributed by atoms with E-state index < -0.39 is 0 Å². The second-order valence-corrected chi connectivity index (χ2v) is 5.27. The number of fused-ring (bicyclic) bond motifs is 1. The van der Waals surface area contributed by atoms with E-state index in [1.807, 2.05) is 6.08 Å². The highest BCUT2D eigenvalue weighted by molar-refractivity contribution is 9.10. The average Bonchev–Trinajstić information content (AvgIpc) is 2.72. The Balaban J connectivity index is 1.98. The van der Waals surface area contributed by atoms with Crippen LogP contribution in [0.4, 0.5) is 0 Å². The molecule has 2 aromatic rings. The van der Waals surface area contributed by atoms with Gasteiger partial charge in [-0.1, -0.05) is 34.5 Å². The first kappa shape index (κ1) is 12.4. The van der Waals surface area contributed by atoms with Crippen LogP contribution in [0, 0.1) is 0 Å². The summed E-state index contributed by atoms with van der Waals surface area (Å²) in [7, 11) is 0. The highest BCUT2D eigenvalue weighted by atomic mass is 79.9. The Morgan fingerprint density at radius 1 is 1.18 bits per heavy atom. The lowest BCUT2D eigenvalue weighted by molar-refractivity contribution is 0.603. The van der Waals surface area contributed by atoms with Crippen LogP contribution in [0.2, 0.25) is 0 Å². The Labute approximate surface area is 111 Å². The van der Waals surface area contributed by atoms with Gasteiger partial charge in [0.25, 0.3) is 0 Å². The standard InChI is InChI=1S/C15H18BrN/c1-2-3-4-5-6-10-17-11-9-13-7-8-14(16)12-15(13)17/h2,7-9,11-12H,1,3-6,10H2. The molecule has 0 aliphatic rings. The van der Waals surface area contributed by atoms with Crippen LogP contribution in [-0.4, -0.2) is 4.57 Å². The van der Waals surface area contributed by atoms with Gasteiger partial charge in [-0.2, -0.15) is 0 Å². The Morgan fingerprint density at radius 2 is 2.06 bits per heavy atom. The summed E-state index contributed by atoms with van der Waals surface area (Å²) in [6.07, 6.45) is 9.10. The molecule has 17 heavy (non-hydrogen) atoms. The fourth-order valence-electron chi connectivity index (χ4n) is 2.10. The maximum Gasteiger partial charge on any atom is 0.0491 e. The molecular weight excluding hydrogens is 274 g/mol. The van der Waals surface area contributed by atoms with Crippen LogP contribution in [0.25, 0.3) is 10.9 Å². The second kappa shape index (κ2) is 6.06. The number of benzene rings is 1. The van der Waals surface area contributed by atoms with Crippen LogP contribution in [0.3, 0.4) is 0 Å². The fourth-order valence-corrected chi connectivity index (χ4v) is 2.45. The molecule has 0 unspecified atom stereocenters. The third-order valence-electron chi connectivity index (χ3n) is 3.04. The molecule has 0 spiro atoms. The number of halogens is 1. The van der Waals surface area contributed by atoms with E-state index in [2.05, 4.69) is 57.5 Å². The lowest BCUT2D eigenvalue weighted by Crippen LogP contribution is -1.95. The van der Waals surface area contributed by atoms with Gasteiger partial charge in [0.15, 0.2) is 0 Å². The highest BCUT2D eigenvalue weighted by Gasteiger charge is 2.01. The van der Waals surface area contributed by atoms with Crippen molar-refractivity contribution in [2.45, 2.75) is 32.2 Å². The predicted molar refractivity (Wildman–Crippen MR) is 78.3 cm³/mol. The molecule has 0 atom stereocenters. The van der Waals surface area contributed by atoms with Crippen LogP contribution >= 0.6 is 15.9 Å². The minimum absolute atomic E-state index is 1.11. The van der Waals surface area contributed by atoms with Crippen molar-refractivity contribution in [1.29, 1.82) is 0 Å². The molecule has 2 rings (SSSR count). The van der Waals surface area contributed by atoms with Crippen molar-refractivity contribution >= 4 is 26.8 Å². The number of rotatable bonds is 6. The number of hydrogen-bond donors (Lipinski definition) is 0. The highest BCUT2D eigenvalue weighted by Crippen LogP contribution is 2.21. The van der Waals surface area contributed by atoms with Gasteiger partial charge in [0.1, 0.15) is 0 Å². The molecule has 0 fully saturated rings. The van der Waals surface area contributed by atoms with E-state index in [1.54, 1.807) is 0 Å². The molecule has 2 heteroatoms. The topological polar surface area (TPSA) is 4.93 Å². The number of aromatic nitrogens is 1. The summed E-state index contributed by atoms with van der Waals surface area (Å²) in [6, 6.07) is 8.63. The molecule has 0 radical (unpaired) electrons. The molecule has 1 nitrogen and oxygen atoms in total. The van der Waals surface area contributed by atoms with E-state index in [-0.39, 0.29) is 0 Å². The van der Waals surface area contributed by atoms with Crippen LogP contribution < -0.4 is 0 Å². The molecular formula is C15H18BrN. The maximum atomic E-state index is 3.75. The van der Waals surface area contributed by atoms with Crippen LogP contribution in [0.1, 0.15) is 25.7 Å². The first-order valence-corrected chi connectivity index (χ1v) is 6.96. The number of hydrogen-bond acceptors (Lipinski definition) is 0. The lowest BCUT2D eigenvalue weighted by atomic mass is 10.2. The van der Waals surface area contributed by atoms with Gasteiger partial charge in [-0.3, -0.25) is 0 Å². The molecule has 0 aliphatic carbocycles.